The van der Waals surface area contributed by atoms with E-state index in [0.717, 1.165) is 9.13 Å². The van der Waals surface area contributed by atoms with Gasteiger partial charge in [-0.2, -0.15) is 5.26 Å². The number of nitrogens with zero attached hydrogens (tertiary/aromatic N) is 1. The smallest absolute Gasteiger partial charge is 0.337 e. The molecule has 6 nitrogen and oxygen atoms in total. The Morgan fingerprint density at radius 1 is 1.00 bits per heavy atom. The van der Waals surface area contributed by atoms with Crippen LogP contribution in [0.1, 0.15) is 21.5 Å². The van der Waals surface area contributed by atoms with Gasteiger partial charge in [-0.05, 0) is 88.3 Å². The lowest BCUT2D eigenvalue weighted by Gasteiger charge is -2.07. The fraction of sp³-hybridized carbons (Fsp3) is 0.0800. The van der Waals surface area contributed by atoms with Gasteiger partial charge < -0.3 is 14.8 Å². The summed E-state index contributed by atoms with van der Waals surface area (Å²) in [5.41, 5.74) is 2.54. The molecule has 0 bridgehead atoms. The standard InChI is InChI=1S/C25H19IN2O4/c1-31-25(30)19-6-10-22(11-7-19)28-24(29)20(15-27)14-17-4-12-23(13-5-17)32-16-18-2-8-21(26)9-3-18/h2-14H,16H2,1H3,(H,28,29)/b20-14+. The number of benzene rings is 3. The number of ether oxygens (including phenoxy) is 2. The minimum Gasteiger partial charge on any atom is -0.489 e. The van der Waals surface area contributed by atoms with Gasteiger partial charge in [-0.15, -0.1) is 0 Å². The van der Waals surface area contributed by atoms with Crippen molar-refractivity contribution in [3.63, 3.8) is 0 Å². The summed E-state index contributed by atoms with van der Waals surface area (Å²) in [6.45, 7) is 0.451. The quantitative estimate of drug-likeness (QED) is 0.193. The molecule has 0 saturated heterocycles. The van der Waals surface area contributed by atoms with Gasteiger partial charge in [0.1, 0.15) is 24.0 Å². The van der Waals surface area contributed by atoms with Crippen LogP contribution in [0.25, 0.3) is 6.08 Å². The highest BCUT2D eigenvalue weighted by atomic mass is 127. The van der Waals surface area contributed by atoms with E-state index < -0.39 is 11.9 Å². The van der Waals surface area contributed by atoms with E-state index in [0.29, 0.717) is 29.2 Å². The van der Waals surface area contributed by atoms with E-state index in [2.05, 4.69) is 32.6 Å². The molecule has 0 aromatic heterocycles. The van der Waals surface area contributed by atoms with Crippen molar-refractivity contribution in [2.75, 3.05) is 12.4 Å². The number of nitrogens with one attached hydrogen (secondary N) is 1. The normalized spacial score (nSPS) is 10.7. The van der Waals surface area contributed by atoms with Crippen LogP contribution >= 0.6 is 22.6 Å². The van der Waals surface area contributed by atoms with Gasteiger partial charge in [0.2, 0.25) is 0 Å². The Morgan fingerprint density at radius 2 is 1.66 bits per heavy atom. The van der Waals surface area contributed by atoms with Crippen LogP contribution in [0.2, 0.25) is 0 Å². The highest BCUT2D eigenvalue weighted by Gasteiger charge is 2.11. The fourth-order valence-corrected chi connectivity index (χ4v) is 3.09. The number of amides is 1. The van der Waals surface area contributed by atoms with Crippen molar-refractivity contribution in [2.45, 2.75) is 6.61 Å². The largest absolute Gasteiger partial charge is 0.489 e. The zero-order valence-corrected chi connectivity index (χ0v) is 19.3. The molecule has 0 radical (unpaired) electrons. The van der Waals surface area contributed by atoms with Crippen LogP contribution in [0.4, 0.5) is 5.69 Å². The van der Waals surface area contributed by atoms with Crippen molar-refractivity contribution < 1.29 is 19.1 Å². The van der Waals surface area contributed by atoms with Gasteiger partial charge in [-0.1, -0.05) is 24.3 Å². The second-order valence-electron chi connectivity index (χ2n) is 6.68. The van der Waals surface area contributed by atoms with E-state index in [9.17, 15) is 14.9 Å². The Balaban J connectivity index is 1.62. The number of nitriles is 1. The highest BCUT2D eigenvalue weighted by molar-refractivity contribution is 14.1. The number of carbonyl (C=O) groups is 2. The molecule has 1 N–H and O–H groups in total. The van der Waals surface area contributed by atoms with Gasteiger partial charge in [0.05, 0.1) is 12.7 Å². The first-order valence-corrected chi connectivity index (χ1v) is 10.6. The van der Waals surface area contributed by atoms with Crippen LogP contribution in [-0.2, 0) is 16.1 Å². The van der Waals surface area contributed by atoms with Gasteiger partial charge in [0, 0.05) is 9.26 Å². The third-order valence-electron chi connectivity index (χ3n) is 4.44. The van der Waals surface area contributed by atoms with Gasteiger partial charge in [-0.3, -0.25) is 4.79 Å². The Morgan fingerprint density at radius 3 is 2.25 bits per heavy atom. The average Bonchev–Trinajstić information content (AvgIpc) is 2.82. The molecular weight excluding hydrogens is 519 g/mol. The minimum absolute atomic E-state index is 0.0467. The first-order chi connectivity index (χ1) is 15.5. The van der Waals surface area contributed by atoms with Gasteiger partial charge in [-0.25, -0.2) is 4.79 Å². The molecule has 3 rings (SSSR count). The summed E-state index contributed by atoms with van der Waals surface area (Å²) in [5.74, 6) is -0.321. The van der Waals surface area contributed by atoms with E-state index in [1.54, 1.807) is 36.4 Å². The summed E-state index contributed by atoms with van der Waals surface area (Å²) in [7, 11) is 1.30. The van der Waals surface area contributed by atoms with Crippen LogP contribution in [0.3, 0.4) is 0 Å². The first-order valence-electron chi connectivity index (χ1n) is 9.57. The average molecular weight is 538 g/mol. The molecule has 0 heterocycles. The zero-order valence-electron chi connectivity index (χ0n) is 17.2. The predicted molar refractivity (Wildman–Crippen MR) is 130 cm³/mol. The molecule has 3 aromatic rings. The van der Waals surface area contributed by atoms with Gasteiger partial charge in [0.25, 0.3) is 5.91 Å². The van der Waals surface area contributed by atoms with E-state index >= 15 is 0 Å². The topological polar surface area (TPSA) is 88.4 Å². The molecule has 0 aliphatic carbocycles. The SMILES string of the molecule is COC(=O)c1ccc(NC(=O)/C(C#N)=C/c2ccc(OCc3ccc(I)cc3)cc2)cc1. The van der Waals surface area contributed by atoms with Gasteiger partial charge >= 0.3 is 5.97 Å². The molecule has 1 amide bonds. The van der Waals surface area contributed by atoms with Crippen molar-refractivity contribution in [2.24, 2.45) is 0 Å². The number of hydrogen-bond donors (Lipinski definition) is 1. The summed E-state index contributed by atoms with van der Waals surface area (Å²) in [4.78, 5) is 23.9. The maximum atomic E-state index is 12.5. The molecule has 0 atom stereocenters. The van der Waals surface area contributed by atoms with E-state index in [1.165, 1.54) is 25.3 Å². The monoisotopic (exact) mass is 538 g/mol. The fourth-order valence-electron chi connectivity index (χ4n) is 2.73. The molecule has 32 heavy (non-hydrogen) atoms. The summed E-state index contributed by atoms with van der Waals surface area (Å²) in [6.07, 6.45) is 1.50. The third-order valence-corrected chi connectivity index (χ3v) is 5.16. The molecule has 0 saturated carbocycles. The molecule has 0 fully saturated rings. The Kier molecular flexibility index (Phi) is 8.00. The van der Waals surface area contributed by atoms with Crippen LogP contribution in [0.5, 0.6) is 5.75 Å². The van der Waals surface area contributed by atoms with Crippen molar-refractivity contribution >= 4 is 46.2 Å². The summed E-state index contributed by atoms with van der Waals surface area (Å²) >= 11 is 2.25. The van der Waals surface area contributed by atoms with Crippen molar-refractivity contribution in [3.05, 3.63) is 98.6 Å². The van der Waals surface area contributed by atoms with Crippen LogP contribution in [0.15, 0.2) is 78.4 Å². The second-order valence-corrected chi connectivity index (χ2v) is 7.92. The molecule has 0 aliphatic heterocycles. The number of carbonyl (C=O) groups excluding carboxylic acids is 2. The Labute approximate surface area is 199 Å². The van der Waals surface area contributed by atoms with E-state index in [-0.39, 0.29) is 5.57 Å². The molecule has 0 aliphatic rings. The summed E-state index contributed by atoms with van der Waals surface area (Å²) < 4.78 is 11.6. The zero-order chi connectivity index (χ0) is 22.9. The second kappa shape index (κ2) is 11.1. The van der Waals surface area contributed by atoms with Crippen LogP contribution < -0.4 is 10.1 Å². The number of rotatable bonds is 7. The molecule has 160 valence electrons. The Hall–Kier alpha value is -3.64. The lowest BCUT2D eigenvalue weighted by atomic mass is 10.1. The van der Waals surface area contributed by atoms with Crippen molar-refractivity contribution in [3.8, 4) is 11.8 Å². The molecule has 0 unspecified atom stereocenters. The van der Waals surface area contributed by atoms with Crippen molar-refractivity contribution in [1.29, 1.82) is 5.26 Å². The minimum atomic E-state index is -0.544. The molecule has 7 heteroatoms. The number of anilines is 1. The predicted octanol–water partition coefficient (Wildman–Crippen LogP) is 5.20. The maximum Gasteiger partial charge on any atom is 0.337 e. The van der Waals surface area contributed by atoms with Crippen molar-refractivity contribution in [1.82, 2.24) is 0 Å². The number of hydrogen-bond acceptors (Lipinski definition) is 5. The van der Waals surface area contributed by atoms with E-state index in [1.807, 2.05) is 30.3 Å². The van der Waals surface area contributed by atoms with Crippen LogP contribution in [0, 0.1) is 14.9 Å². The molecule has 3 aromatic carbocycles. The number of esters is 1. The van der Waals surface area contributed by atoms with E-state index in [4.69, 9.17) is 4.74 Å². The molecular formula is C25H19IN2O4. The summed E-state index contributed by atoms with van der Waals surface area (Å²) in [5, 5.41) is 12.0. The Bertz CT molecular complexity index is 1160. The lowest BCUT2D eigenvalue weighted by Crippen LogP contribution is -2.13. The maximum absolute atomic E-state index is 12.5. The lowest BCUT2D eigenvalue weighted by molar-refractivity contribution is -0.112. The highest BCUT2D eigenvalue weighted by Crippen LogP contribution is 2.18. The molecule has 0 spiro atoms. The van der Waals surface area contributed by atoms with Gasteiger partial charge in [0.15, 0.2) is 0 Å². The number of halogens is 1. The van der Waals surface area contributed by atoms with Crippen LogP contribution in [-0.4, -0.2) is 19.0 Å². The first kappa shape index (κ1) is 23.0. The third kappa shape index (κ3) is 6.43. The summed E-state index contributed by atoms with van der Waals surface area (Å²) in [6, 6.07) is 23.3. The number of methoxy groups -OCH3 is 1.